The van der Waals surface area contributed by atoms with Gasteiger partial charge >= 0.3 is 0 Å². The Labute approximate surface area is 83.7 Å². The third-order valence-electron chi connectivity index (χ3n) is 2.13. The lowest BCUT2D eigenvalue weighted by Gasteiger charge is -2.22. The largest absolute Gasteiger partial charge is 0.385 e. The average molecular weight is 199 g/mol. The second kappa shape index (κ2) is 4.22. The molecule has 1 aromatic rings. The zero-order valence-electron chi connectivity index (χ0n) is 8.46. The van der Waals surface area contributed by atoms with Crippen LogP contribution in [0.2, 0.25) is 0 Å². The topological polar surface area (TPSA) is 35.2 Å². The van der Waals surface area contributed by atoms with E-state index in [1.165, 1.54) is 9.75 Å². The van der Waals surface area contributed by atoms with Crippen molar-refractivity contribution in [2.24, 2.45) is 5.73 Å². The van der Waals surface area contributed by atoms with Crippen molar-refractivity contribution in [1.82, 2.24) is 0 Å². The molecule has 2 N–H and O–H groups in total. The molecule has 0 saturated heterocycles. The Bertz CT molecular complexity index is 268. The van der Waals surface area contributed by atoms with Gasteiger partial charge in [0.05, 0.1) is 0 Å². The van der Waals surface area contributed by atoms with Crippen molar-refractivity contribution in [3.63, 3.8) is 0 Å². The van der Waals surface area contributed by atoms with Crippen LogP contribution in [0.1, 0.15) is 23.1 Å². The Balaban J connectivity index is 2.68. The average Bonchev–Trinajstić information content (AvgIpc) is 2.49. The highest BCUT2D eigenvalue weighted by molar-refractivity contribution is 7.12. The first-order valence-corrected chi connectivity index (χ1v) is 5.22. The Morgan fingerprint density at radius 2 is 2.23 bits per heavy atom. The normalized spacial score (nSPS) is 15.7. The Morgan fingerprint density at radius 1 is 1.54 bits per heavy atom. The molecule has 0 aliphatic carbocycles. The minimum atomic E-state index is -0.241. The number of methoxy groups -OCH3 is 1. The smallest absolute Gasteiger partial charge is 0.0497 e. The van der Waals surface area contributed by atoms with Crippen LogP contribution in [0.5, 0.6) is 0 Å². The van der Waals surface area contributed by atoms with Crippen molar-refractivity contribution < 1.29 is 4.74 Å². The Hall–Kier alpha value is -0.380. The van der Waals surface area contributed by atoms with E-state index in [-0.39, 0.29) is 5.54 Å². The van der Waals surface area contributed by atoms with E-state index in [9.17, 15) is 0 Å². The van der Waals surface area contributed by atoms with Crippen molar-refractivity contribution >= 4 is 11.3 Å². The third kappa shape index (κ3) is 2.79. The first-order valence-electron chi connectivity index (χ1n) is 4.41. The van der Waals surface area contributed by atoms with Gasteiger partial charge in [-0.1, -0.05) is 0 Å². The standard InChI is InChI=1S/C10H17NOS/c1-8-4-5-9(13-8)10(2,11)6-7-12-3/h4-5H,6-7,11H2,1-3H3. The lowest BCUT2D eigenvalue weighted by Crippen LogP contribution is -2.33. The summed E-state index contributed by atoms with van der Waals surface area (Å²) in [6, 6.07) is 4.22. The lowest BCUT2D eigenvalue weighted by molar-refractivity contribution is 0.173. The molecule has 2 nitrogen and oxygen atoms in total. The molecule has 3 heteroatoms. The summed E-state index contributed by atoms with van der Waals surface area (Å²) in [5.41, 5.74) is 5.93. The fraction of sp³-hybridized carbons (Fsp3) is 0.600. The van der Waals surface area contributed by atoms with E-state index in [2.05, 4.69) is 26.0 Å². The van der Waals surface area contributed by atoms with Gasteiger partial charge in [-0.2, -0.15) is 0 Å². The van der Waals surface area contributed by atoms with E-state index < -0.39 is 0 Å². The molecule has 13 heavy (non-hydrogen) atoms. The summed E-state index contributed by atoms with van der Waals surface area (Å²) < 4.78 is 5.03. The van der Waals surface area contributed by atoms with Crippen LogP contribution in [-0.2, 0) is 10.3 Å². The lowest BCUT2D eigenvalue weighted by atomic mass is 9.98. The van der Waals surface area contributed by atoms with Gasteiger partial charge in [0.15, 0.2) is 0 Å². The van der Waals surface area contributed by atoms with Crippen LogP contribution >= 0.6 is 11.3 Å². The Morgan fingerprint density at radius 3 is 2.69 bits per heavy atom. The summed E-state index contributed by atoms with van der Waals surface area (Å²) in [4.78, 5) is 2.55. The molecule has 0 aromatic carbocycles. The van der Waals surface area contributed by atoms with Crippen molar-refractivity contribution in [3.05, 3.63) is 21.9 Å². The molecule has 0 fully saturated rings. The molecule has 0 aliphatic rings. The third-order valence-corrected chi connectivity index (χ3v) is 3.41. The number of ether oxygens (including phenoxy) is 1. The summed E-state index contributed by atoms with van der Waals surface area (Å²) in [7, 11) is 1.70. The zero-order valence-corrected chi connectivity index (χ0v) is 9.28. The molecule has 1 rings (SSSR count). The number of thiophene rings is 1. The summed E-state index contributed by atoms with van der Waals surface area (Å²) in [5.74, 6) is 0. The molecule has 0 aliphatic heterocycles. The van der Waals surface area contributed by atoms with E-state index in [1.54, 1.807) is 18.4 Å². The minimum absolute atomic E-state index is 0.241. The molecule has 0 amide bonds. The van der Waals surface area contributed by atoms with Crippen molar-refractivity contribution in [2.45, 2.75) is 25.8 Å². The van der Waals surface area contributed by atoms with E-state index >= 15 is 0 Å². The highest BCUT2D eigenvalue weighted by Gasteiger charge is 2.22. The first kappa shape index (κ1) is 10.7. The molecule has 0 radical (unpaired) electrons. The number of hydrogen-bond acceptors (Lipinski definition) is 3. The molecule has 0 spiro atoms. The van der Waals surface area contributed by atoms with Crippen LogP contribution in [0.3, 0.4) is 0 Å². The zero-order chi connectivity index (χ0) is 9.90. The van der Waals surface area contributed by atoms with Crippen molar-refractivity contribution in [1.29, 1.82) is 0 Å². The van der Waals surface area contributed by atoms with Gasteiger partial charge in [-0.05, 0) is 32.4 Å². The maximum absolute atomic E-state index is 6.17. The predicted molar refractivity (Wildman–Crippen MR) is 57.1 cm³/mol. The van der Waals surface area contributed by atoms with Gasteiger partial charge in [-0.3, -0.25) is 0 Å². The van der Waals surface area contributed by atoms with Crippen LogP contribution in [0, 0.1) is 6.92 Å². The summed E-state index contributed by atoms with van der Waals surface area (Å²) >= 11 is 1.76. The number of nitrogens with two attached hydrogens (primary N) is 1. The van der Waals surface area contributed by atoms with Crippen molar-refractivity contribution in [2.75, 3.05) is 13.7 Å². The number of aryl methyl sites for hydroxylation is 1. The van der Waals surface area contributed by atoms with Crippen LogP contribution in [0.15, 0.2) is 12.1 Å². The van der Waals surface area contributed by atoms with Gasteiger partial charge in [0.2, 0.25) is 0 Å². The molecular weight excluding hydrogens is 182 g/mol. The summed E-state index contributed by atoms with van der Waals surface area (Å²) in [5, 5.41) is 0. The number of rotatable bonds is 4. The Kier molecular flexibility index (Phi) is 3.47. The molecule has 0 saturated carbocycles. The quantitative estimate of drug-likeness (QED) is 0.807. The predicted octanol–water partition coefficient (Wildman–Crippen LogP) is 2.27. The SMILES string of the molecule is COCCC(C)(N)c1ccc(C)s1. The van der Waals surface area contributed by atoms with Gasteiger partial charge in [-0.25, -0.2) is 0 Å². The van der Waals surface area contributed by atoms with Gasteiger partial charge in [0.25, 0.3) is 0 Å². The first-order chi connectivity index (χ1) is 6.06. The fourth-order valence-corrected chi connectivity index (χ4v) is 2.13. The van der Waals surface area contributed by atoms with E-state index in [4.69, 9.17) is 10.5 Å². The maximum atomic E-state index is 6.17. The highest BCUT2D eigenvalue weighted by atomic mass is 32.1. The van der Waals surface area contributed by atoms with Crippen LogP contribution in [0.4, 0.5) is 0 Å². The van der Waals surface area contributed by atoms with Gasteiger partial charge in [-0.15, -0.1) is 11.3 Å². The van der Waals surface area contributed by atoms with Crippen molar-refractivity contribution in [3.8, 4) is 0 Å². The van der Waals surface area contributed by atoms with E-state index in [0.717, 1.165) is 6.42 Å². The molecule has 74 valence electrons. The minimum Gasteiger partial charge on any atom is -0.385 e. The highest BCUT2D eigenvalue weighted by Crippen LogP contribution is 2.28. The van der Waals surface area contributed by atoms with E-state index in [1.807, 2.05) is 0 Å². The maximum Gasteiger partial charge on any atom is 0.0497 e. The second-order valence-corrected chi connectivity index (χ2v) is 4.86. The van der Waals surface area contributed by atoms with Crippen LogP contribution < -0.4 is 5.73 Å². The molecule has 0 bridgehead atoms. The van der Waals surface area contributed by atoms with Gasteiger partial charge in [0, 0.05) is 29.0 Å². The van der Waals surface area contributed by atoms with Gasteiger partial charge < -0.3 is 10.5 Å². The number of hydrogen-bond donors (Lipinski definition) is 1. The summed E-state index contributed by atoms with van der Waals surface area (Å²) in [6.45, 7) is 4.86. The molecule has 1 unspecified atom stereocenters. The van der Waals surface area contributed by atoms with E-state index in [0.29, 0.717) is 6.61 Å². The second-order valence-electron chi connectivity index (χ2n) is 3.57. The molecule has 1 atom stereocenters. The van der Waals surface area contributed by atoms with Gasteiger partial charge in [0.1, 0.15) is 0 Å². The molecular formula is C10H17NOS. The monoisotopic (exact) mass is 199 g/mol. The van der Waals surface area contributed by atoms with Crippen LogP contribution in [-0.4, -0.2) is 13.7 Å². The fourth-order valence-electron chi connectivity index (χ4n) is 1.18. The summed E-state index contributed by atoms with van der Waals surface area (Å²) in [6.07, 6.45) is 0.865. The molecule has 1 heterocycles. The van der Waals surface area contributed by atoms with Crippen LogP contribution in [0.25, 0.3) is 0 Å². The molecule has 1 aromatic heterocycles.